The molecule has 0 saturated carbocycles. The van der Waals surface area contributed by atoms with Gasteiger partial charge in [0.2, 0.25) is 39.4 Å². The molecule has 0 N–H and O–H groups in total. The zero-order valence-electron chi connectivity index (χ0n) is 14.9. The maximum Gasteiger partial charge on any atom is 0.240 e. The lowest BCUT2D eigenvalue weighted by molar-refractivity contribution is -0.147. The third-order valence-electron chi connectivity index (χ3n) is 4.75. The topological polar surface area (TPSA) is 139 Å². The van der Waals surface area contributed by atoms with Crippen molar-refractivity contribution in [2.24, 2.45) is 0 Å². The fourth-order valence-corrected chi connectivity index (χ4v) is 4.60. The number of imide groups is 1. The van der Waals surface area contributed by atoms with Crippen molar-refractivity contribution in [2.75, 3.05) is 25.4 Å². The van der Waals surface area contributed by atoms with Crippen LogP contribution < -0.4 is 0 Å². The van der Waals surface area contributed by atoms with E-state index in [2.05, 4.69) is 20.1 Å². The van der Waals surface area contributed by atoms with Crippen LogP contribution in [0.2, 0.25) is 0 Å². The van der Waals surface area contributed by atoms with E-state index < -0.39 is 10.0 Å². The van der Waals surface area contributed by atoms with Crippen LogP contribution in [0.1, 0.15) is 31.1 Å². The van der Waals surface area contributed by atoms with Crippen molar-refractivity contribution >= 4 is 21.8 Å². The summed E-state index contributed by atoms with van der Waals surface area (Å²) in [4.78, 5) is 36.9. The van der Waals surface area contributed by atoms with Crippen LogP contribution >= 0.6 is 0 Å². The Labute approximate surface area is 160 Å². The van der Waals surface area contributed by atoms with Crippen LogP contribution in [0.4, 0.5) is 0 Å². The van der Waals surface area contributed by atoms with Crippen LogP contribution in [-0.4, -0.2) is 74.9 Å². The highest BCUT2D eigenvalue weighted by Crippen LogP contribution is 2.29. The second-order valence-corrected chi connectivity index (χ2v) is 8.74. The van der Waals surface area contributed by atoms with Crippen molar-refractivity contribution in [1.29, 1.82) is 0 Å². The predicted octanol–water partition coefficient (Wildman–Crippen LogP) is -0.205. The van der Waals surface area contributed by atoms with Gasteiger partial charge in [-0.05, 0) is 12.5 Å². The first-order valence-electron chi connectivity index (χ1n) is 8.86. The summed E-state index contributed by atoms with van der Waals surface area (Å²) >= 11 is 0. The second kappa shape index (κ2) is 7.36. The highest BCUT2D eigenvalue weighted by atomic mass is 32.2. The third-order valence-corrected chi connectivity index (χ3v) is 6.54. The normalized spacial score (nSPS) is 19.1. The lowest BCUT2D eigenvalue weighted by Crippen LogP contribution is -2.51. The zero-order valence-corrected chi connectivity index (χ0v) is 15.7. The first-order chi connectivity index (χ1) is 13.4. The van der Waals surface area contributed by atoms with Crippen LogP contribution in [0.3, 0.4) is 0 Å². The number of rotatable bonds is 6. The van der Waals surface area contributed by atoms with Gasteiger partial charge in [0.15, 0.2) is 0 Å². The first kappa shape index (κ1) is 18.6. The van der Waals surface area contributed by atoms with E-state index >= 15 is 0 Å². The predicted molar refractivity (Wildman–Crippen MR) is 94.0 cm³/mol. The van der Waals surface area contributed by atoms with Crippen molar-refractivity contribution < 1.29 is 22.5 Å². The molecular formula is C16H18N6O5S. The Morgan fingerprint density at radius 1 is 1.07 bits per heavy atom. The highest BCUT2D eigenvalue weighted by Gasteiger charge is 2.40. The fourth-order valence-electron chi connectivity index (χ4n) is 3.11. The molecular weight excluding hydrogens is 388 g/mol. The Morgan fingerprint density at radius 2 is 1.75 bits per heavy atom. The smallest absolute Gasteiger partial charge is 0.240 e. The van der Waals surface area contributed by atoms with Gasteiger partial charge >= 0.3 is 0 Å². The molecule has 2 aliphatic rings. The Morgan fingerprint density at radius 3 is 2.43 bits per heavy atom. The van der Waals surface area contributed by atoms with E-state index in [4.69, 9.17) is 4.52 Å². The quantitative estimate of drug-likeness (QED) is 0.596. The molecule has 0 aliphatic carbocycles. The summed E-state index contributed by atoms with van der Waals surface area (Å²) in [5, 5.41) is 3.83. The molecule has 4 heterocycles. The van der Waals surface area contributed by atoms with Gasteiger partial charge in [0.05, 0.1) is 11.7 Å². The molecule has 0 aromatic carbocycles. The van der Waals surface area contributed by atoms with Crippen molar-refractivity contribution in [3.8, 4) is 11.6 Å². The van der Waals surface area contributed by atoms with Gasteiger partial charge in [-0.3, -0.25) is 14.5 Å². The summed E-state index contributed by atoms with van der Waals surface area (Å²) in [6.45, 7) is 0.306. The van der Waals surface area contributed by atoms with Crippen LogP contribution in [0, 0.1) is 0 Å². The van der Waals surface area contributed by atoms with Crippen LogP contribution in [0.15, 0.2) is 23.0 Å². The molecule has 28 heavy (non-hydrogen) atoms. The van der Waals surface area contributed by atoms with E-state index in [-0.39, 0.29) is 61.8 Å². The molecule has 0 spiro atoms. The number of amides is 2. The van der Waals surface area contributed by atoms with E-state index in [1.807, 2.05) is 0 Å². The molecule has 148 valence electrons. The van der Waals surface area contributed by atoms with E-state index in [1.165, 1.54) is 4.31 Å². The first-order valence-corrected chi connectivity index (χ1v) is 10.5. The molecule has 2 fully saturated rings. The SMILES string of the molecule is O=C1CCCC(=O)N1CCS(=O)(=O)N1CC(c2nc(-c3ncccn3)no2)C1. The average molecular weight is 406 g/mol. The van der Waals surface area contributed by atoms with Gasteiger partial charge in [-0.25, -0.2) is 22.7 Å². The Balaban J connectivity index is 1.33. The number of carbonyl (C=O) groups excluding carboxylic acids is 2. The van der Waals surface area contributed by atoms with Crippen molar-refractivity contribution in [3.63, 3.8) is 0 Å². The maximum absolute atomic E-state index is 12.5. The highest BCUT2D eigenvalue weighted by molar-refractivity contribution is 7.89. The summed E-state index contributed by atoms with van der Waals surface area (Å²) in [5.74, 6) is -0.210. The lowest BCUT2D eigenvalue weighted by Gasteiger charge is -2.36. The molecule has 0 unspecified atom stereocenters. The average Bonchev–Trinajstić information content (AvgIpc) is 3.10. The fraction of sp³-hybridized carbons (Fsp3) is 0.500. The molecule has 4 rings (SSSR count). The molecule has 2 amide bonds. The van der Waals surface area contributed by atoms with Crippen LogP contribution in [0.5, 0.6) is 0 Å². The number of nitrogens with zero attached hydrogens (tertiary/aromatic N) is 6. The molecule has 0 radical (unpaired) electrons. The summed E-state index contributed by atoms with van der Waals surface area (Å²) in [6.07, 6.45) is 4.21. The van der Waals surface area contributed by atoms with E-state index in [0.717, 1.165) is 4.90 Å². The molecule has 2 aliphatic heterocycles. The number of piperidine rings is 1. The van der Waals surface area contributed by atoms with E-state index in [0.29, 0.717) is 18.1 Å². The summed E-state index contributed by atoms with van der Waals surface area (Å²) in [6, 6.07) is 1.67. The van der Waals surface area contributed by atoms with E-state index in [1.54, 1.807) is 18.5 Å². The summed E-state index contributed by atoms with van der Waals surface area (Å²) < 4.78 is 31.4. The molecule has 2 aromatic heterocycles. The molecule has 12 heteroatoms. The zero-order chi connectivity index (χ0) is 19.7. The minimum Gasteiger partial charge on any atom is -0.338 e. The van der Waals surface area contributed by atoms with Crippen molar-refractivity contribution in [2.45, 2.75) is 25.2 Å². The number of likely N-dealkylation sites (tertiary alicyclic amines) is 1. The van der Waals surface area contributed by atoms with Gasteiger partial charge in [0.1, 0.15) is 0 Å². The van der Waals surface area contributed by atoms with Gasteiger partial charge in [0, 0.05) is 44.9 Å². The Kier molecular flexibility index (Phi) is 4.89. The number of carbonyl (C=O) groups is 2. The van der Waals surface area contributed by atoms with Crippen molar-refractivity contribution in [1.82, 2.24) is 29.3 Å². The van der Waals surface area contributed by atoms with Gasteiger partial charge in [-0.2, -0.15) is 4.98 Å². The third kappa shape index (κ3) is 3.64. The number of hydrogen-bond donors (Lipinski definition) is 0. The Hall–Kier alpha value is -2.73. The van der Waals surface area contributed by atoms with Crippen LogP contribution in [-0.2, 0) is 19.6 Å². The molecule has 0 atom stereocenters. The molecule has 2 aromatic rings. The molecule has 0 bridgehead atoms. The van der Waals surface area contributed by atoms with Gasteiger partial charge in [-0.15, -0.1) is 0 Å². The van der Waals surface area contributed by atoms with Crippen LogP contribution in [0.25, 0.3) is 11.6 Å². The number of sulfonamides is 1. The number of aromatic nitrogens is 4. The monoisotopic (exact) mass is 406 g/mol. The van der Waals surface area contributed by atoms with Crippen molar-refractivity contribution in [3.05, 3.63) is 24.4 Å². The second-order valence-electron chi connectivity index (χ2n) is 6.65. The summed E-state index contributed by atoms with van der Waals surface area (Å²) in [7, 11) is -3.58. The standard InChI is InChI=1S/C16H18N6O5S/c23-12-3-1-4-13(24)22(12)7-8-28(25,26)21-9-11(10-21)16-19-15(20-27-16)14-17-5-2-6-18-14/h2,5-6,11H,1,3-4,7-10H2. The largest absolute Gasteiger partial charge is 0.338 e. The molecule has 11 nitrogen and oxygen atoms in total. The van der Waals surface area contributed by atoms with E-state index in [9.17, 15) is 18.0 Å². The summed E-state index contributed by atoms with van der Waals surface area (Å²) in [5.41, 5.74) is 0. The lowest BCUT2D eigenvalue weighted by atomic mass is 10.0. The minimum atomic E-state index is -3.58. The minimum absolute atomic E-state index is 0.114. The maximum atomic E-state index is 12.5. The molecule has 2 saturated heterocycles. The van der Waals surface area contributed by atoms with Gasteiger partial charge in [0.25, 0.3) is 0 Å². The van der Waals surface area contributed by atoms with Gasteiger partial charge < -0.3 is 4.52 Å². The van der Waals surface area contributed by atoms with Gasteiger partial charge in [-0.1, -0.05) is 5.16 Å². The number of hydrogen-bond acceptors (Lipinski definition) is 9. The Bertz CT molecular complexity index is 970.